The van der Waals surface area contributed by atoms with E-state index in [-0.39, 0.29) is 51.4 Å². The monoisotopic (exact) mass is 174 g/mol. The van der Waals surface area contributed by atoms with Crippen molar-refractivity contribution in [3.63, 3.8) is 0 Å². The van der Waals surface area contributed by atoms with Crippen LogP contribution in [0.25, 0.3) is 0 Å². The zero-order valence-electron chi connectivity index (χ0n) is 9.38. The standard InChI is InChI=1S/C5H8O4.K/c1-3(6)2-4(7)5(8)9;/h3,6H,2H2,1H3,(H,8,9);/q;+1/p-1/i1D3,3D;. The zero-order valence-corrected chi connectivity index (χ0v) is 8.50. The number of carboxylic acids is 1. The number of hydrogen-bond donors (Lipinski definition) is 1. The van der Waals surface area contributed by atoms with Crippen molar-refractivity contribution in [2.24, 2.45) is 0 Å². The van der Waals surface area contributed by atoms with Crippen molar-refractivity contribution in [3.8, 4) is 0 Å². The molecular weight excluding hydrogens is 163 g/mol. The Bertz CT molecular complexity index is 236. The third-order valence-electron chi connectivity index (χ3n) is 0.556. The van der Waals surface area contributed by atoms with Gasteiger partial charge in [0.05, 0.1) is 7.45 Å². The van der Waals surface area contributed by atoms with E-state index in [0.29, 0.717) is 0 Å². The molecule has 5 heteroatoms. The second-order valence-corrected chi connectivity index (χ2v) is 1.33. The maximum Gasteiger partial charge on any atom is 1.00 e. The average Bonchev–Trinajstić information content (AvgIpc) is 1.83. The van der Waals surface area contributed by atoms with Gasteiger partial charge in [0.1, 0.15) is 5.97 Å². The fraction of sp³-hybridized carbons (Fsp3) is 0.600. The summed E-state index contributed by atoms with van der Waals surface area (Å²) in [5, 5.41) is 18.7. The van der Waals surface area contributed by atoms with E-state index in [1.165, 1.54) is 0 Å². The molecule has 0 aromatic carbocycles. The molecule has 1 N–H and O–H groups in total. The van der Waals surface area contributed by atoms with Gasteiger partial charge in [0, 0.05) is 10.5 Å². The van der Waals surface area contributed by atoms with Gasteiger partial charge in [-0.25, -0.2) is 0 Å². The average molecular weight is 174 g/mol. The van der Waals surface area contributed by atoms with Crippen LogP contribution < -0.4 is 56.5 Å². The summed E-state index contributed by atoms with van der Waals surface area (Å²) in [6.07, 6.45) is -4.39. The molecular formula is C5H7KO4. The van der Waals surface area contributed by atoms with Gasteiger partial charge in [-0.3, -0.25) is 4.79 Å². The van der Waals surface area contributed by atoms with Crippen LogP contribution in [0.5, 0.6) is 0 Å². The van der Waals surface area contributed by atoms with Crippen molar-refractivity contribution in [3.05, 3.63) is 0 Å². The minimum absolute atomic E-state index is 0. The van der Waals surface area contributed by atoms with Gasteiger partial charge in [-0.1, -0.05) is 0 Å². The molecule has 0 aromatic heterocycles. The van der Waals surface area contributed by atoms with E-state index in [1.54, 1.807) is 0 Å². The molecule has 52 valence electrons. The van der Waals surface area contributed by atoms with Crippen LogP contribution in [-0.4, -0.2) is 22.9 Å². The number of aliphatic hydroxyl groups is 1. The van der Waals surface area contributed by atoms with Gasteiger partial charge >= 0.3 is 51.4 Å². The fourth-order valence-corrected chi connectivity index (χ4v) is 0.224. The number of hydrogen-bond acceptors (Lipinski definition) is 4. The summed E-state index contributed by atoms with van der Waals surface area (Å²) >= 11 is 0. The van der Waals surface area contributed by atoms with Crippen LogP contribution in [0.2, 0.25) is 0 Å². The predicted molar refractivity (Wildman–Crippen MR) is 26.3 cm³/mol. The molecule has 0 rings (SSSR count). The smallest absolute Gasteiger partial charge is 0.542 e. The van der Waals surface area contributed by atoms with Crippen LogP contribution in [0.3, 0.4) is 0 Å². The Kier molecular flexibility index (Phi) is 4.04. The second-order valence-electron chi connectivity index (χ2n) is 1.33. The Balaban J connectivity index is 0. The SMILES string of the molecule is [2H]C([2H])([2H])C([2H])(O)CC(=O)C(=O)[O-].[K+]. The molecule has 0 radical (unpaired) electrons. The molecule has 0 aliphatic heterocycles. The summed E-state index contributed by atoms with van der Waals surface area (Å²) in [6.45, 7) is -3.13. The summed E-state index contributed by atoms with van der Waals surface area (Å²) in [4.78, 5) is 20.3. The normalized spacial score (nSPS) is 21.7. The molecule has 0 heterocycles. The molecule has 0 aliphatic carbocycles. The Morgan fingerprint density at radius 2 is 2.40 bits per heavy atom. The van der Waals surface area contributed by atoms with Gasteiger partial charge in [-0.15, -0.1) is 0 Å². The molecule has 0 saturated carbocycles. The van der Waals surface area contributed by atoms with E-state index < -0.39 is 31.1 Å². The number of carboxylic acid groups (broad SMARTS) is 1. The molecule has 10 heavy (non-hydrogen) atoms. The first-order valence-corrected chi connectivity index (χ1v) is 2.04. The zero-order chi connectivity index (χ0) is 10.9. The number of aliphatic carboxylic acids is 1. The molecule has 0 aliphatic rings. The van der Waals surface area contributed by atoms with E-state index in [4.69, 9.17) is 10.6 Å². The number of rotatable bonds is 3. The molecule has 4 nitrogen and oxygen atoms in total. The topological polar surface area (TPSA) is 77.4 Å². The number of carbonyl (C=O) groups is 2. The van der Waals surface area contributed by atoms with Crippen LogP contribution in [0.1, 0.15) is 18.8 Å². The molecule has 0 fully saturated rings. The molecule has 0 bridgehead atoms. The van der Waals surface area contributed by atoms with Crippen molar-refractivity contribution >= 4 is 11.8 Å². The van der Waals surface area contributed by atoms with Crippen molar-refractivity contribution < 1.29 is 76.7 Å². The van der Waals surface area contributed by atoms with Crippen LogP contribution in [0, 0.1) is 0 Å². The van der Waals surface area contributed by atoms with Crippen molar-refractivity contribution in [1.29, 1.82) is 0 Å². The number of carbonyl (C=O) groups excluding carboxylic acids is 2. The van der Waals surface area contributed by atoms with Gasteiger partial charge in [0.25, 0.3) is 0 Å². The Morgan fingerprint density at radius 1 is 1.90 bits per heavy atom. The fourth-order valence-electron chi connectivity index (χ4n) is 0.224. The Labute approximate surface area is 107 Å². The first-order chi connectivity index (χ1) is 5.58. The minimum Gasteiger partial charge on any atom is -0.542 e. The molecule has 0 saturated heterocycles. The summed E-state index contributed by atoms with van der Waals surface area (Å²) in [5.74, 6) is -3.73. The van der Waals surface area contributed by atoms with Gasteiger partial charge in [0.2, 0.25) is 0 Å². The third-order valence-corrected chi connectivity index (χ3v) is 0.556. The molecule has 0 spiro atoms. The second kappa shape index (κ2) is 6.45. The molecule has 0 aromatic rings. The molecule has 1 atom stereocenters. The van der Waals surface area contributed by atoms with Gasteiger partial charge in [-0.05, 0) is 6.85 Å². The van der Waals surface area contributed by atoms with Crippen LogP contribution in [-0.2, 0) is 9.59 Å². The van der Waals surface area contributed by atoms with Crippen molar-refractivity contribution in [1.82, 2.24) is 0 Å². The number of Topliss-reactive ketones (excluding diaryl/α,β-unsaturated/α-hetero) is 1. The predicted octanol–water partition coefficient (Wildman–Crippen LogP) is -4.92. The molecule has 1 unspecified atom stereocenters. The van der Waals surface area contributed by atoms with E-state index in [2.05, 4.69) is 0 Å². The Morgan fingerprint density at radius 3 is 2.70 bits per heavy atom. The maximum absolute atomic E-state index is 10.4. The number of ketones is 1. The first kappa shape index (κ1) is 6.27. The van der Waals surface area contributed by atoms with Crippen LogP contribution in [0.4, 0.5) is 0 Å². The summed E-state index contributed by atoms with van der Waals surface area (Å²) in [5.41, 5.74) is 0. The van der Waals surface area contributed by atoms with E-state index in [1.807, 2.05) is 0 Å². The Hall–Kier alpha value is 0.736. The van der Waals surface area contributed by atoms with E-state index in [0.717, 1.165) is 0 Å². The van der Waals surface area contributed by atoms with Crippen molar-refractivity contribution in [2.45, 2.75) is 19.4 Å². The quantitative estimate of drug-likeness (QED) is 0.343. The largest absolute Gasteiger partial charge is 1.00 e. The van der Waals surface area contributed by atoms with Gasteiger partial charge in [-0.2, -0.15) is 0 Å². The van der Waals surface area contributed by atoms with Crippen LogP contribution >= 0.6 is 0 Å². The maximum atomic E-state index is 10.4. The summed E-state index contributed by atoms with van der Waals surface area (Å²) in [6, 6.07) is 0. The van der Waals surface area contributed by atoms with E-state index in [9.17, 15) is 14.7 Å². The van der Waals surface area contributed by atoms with Crippen LogP contribution in [0.15, 0.2) is 0 Å². The van der Waals surface area contributed by atoms with Gasteiger partial charge < -0.3 is 15.0 Å². The van der Waals surface area contributed by atoms with E-state index >= 15 is 0 Å². The van der Waals surface area contributed by atoms with Crippen molar-refractivity contribution in [2.75, 3.05) is 0 Å². The molecule has 0 amide bonds. The third kappa shape index (κ3) is 6.85. The van der Waals surface area contributed by atoms with Gasteiger partial charge in [0.15, 0.2) is 5.78 Å². The summed E-state index contributed by atoms with van der Waals surface area (Å²) < 4.78 is 26.6. The first-order valence-electron chi connectivity index (χ1n) is 4.04. The summed E-state index contributed by atoms with van der Waals surface area (Å²) in [7, 11) is 0. The minimum atomic E-state index is -3.13.